The van der Waals surface area contributed by atoms with Gasteiger partial charge in [-0.15, -0.1) is 29.9 Å². The van der Waals surface area contributed by atoms with Gasteiger partial charge >= 0.3 is 6.01 Å². The van der Waals surface area contributed by atoms with Crippen LogP contribution < -0.4 is 14.8 Å². The number of benzene rings is 2. The van der Waals surface area contributed by atoms with E-state index in [1.165, 1.54) is 12.8 Å². The number of anilines is 2. The minimum absolute atomic E-state index is 0. The van der Waals surface area contributed by atoms with E-state index in [0.717, 1.165) is 47.9 Å². The summed E-state index contributed by atoms with van der Waals surface area (Å²) in [5, 5.41) is 8.51. The third-order valence-corrected chi connectivity index (χ3v) is 6.48. The quantitative estimate of drug-likeness (QED) is 0.235. The standard InChI is InChI=1S/C27H29ClN6O2.2ClH/c1-19-17-20(11-12-29-19)22-10-9-21(18-25(22)35-2)30-26-31-27(36-24-8-4-3-7-23(24)28)34(32-26)16-15-33-13-5-6-14-33;;/h3-4,7-12,17-18H,5-6,13-16H2,1-2H3,(H,30,32);2*1H. The van der Waals surface area contributed by atoms with E-state index in [0.29, 0.717) is 29.3 Å². The summed E-state index contributed by atoms with van der Waals surface area (Å²) in [6, 6.07) is 17.7. The summed E-state index contributed by atoms with van der Waals surface area (Å²) in [7, 11) is 1.66. The summed E-state index contributed by atoms with van der Waals surface area (Å²) < 4.78 is 13.5. The molecule has 38 heavy (non-hydrogen) atoms. The summed E-state index contributed by atoms with van der Waals surface area (Å²) in [5.41, 5.74) is 3.79. The van der Waals surface area contributed by atoms with Gasteiger partial charge in [-0.1, -0.05) is 23.7 Å². The van der Waals surface area contributed by atoms with Crippen LogP contribution >= 0.6 is 36.4 Å². The average molecular weight is 578 g/mol. The lowest BCUT2D eigenvalue weighted by Gasteiger charge is -2.15. The van der Waals surface area contributed by atoms with Crippen molar-refractivity contribution < 1.29 is 9.47 Å². The minimum Gasteiger partial charge on any atom is -0.496 e. The first-order valence-electron chi connectivity index (χ1n) is 12.1. The van der Waals surface area contributed by atoms with E-state index in [1.807, 2.05) is 55.5 Å². The number of aromatic nitrogens is 4. The molecule has 0 aliphatic carbocycles. The van der Waals surface area contributed by atoms with Crippen molar-refractivity contribution in [3.8, 4) is 28.6 Å². The van der Waals surface area contributed by atoms with Crippen LogP contribution in [0.3, 0.4) is 0 Å². The van der Waals surface area contributed by atoms with Crippen molar-refractivity contribution in [2.24, 2.45) is 0 Å². The monoisotopic (exact) mass is 576 g/mol. The van der Waals surface area contributed by atoms with Gasteiger partial charge in [-0.3, -0.25) is 4.98 Å². The second-order valence-corrected chi connectivity index (χ2v) is 9.16. The fraction of sp³-hybridized carbons (Fsp3) is 0.296. The molecular weight excluding hydrogens is 547 g/mol. The van der Waals surface area contributed by atoms with Crippen LogP contribution in [-0.4, -0.2) is 51.4 Å². The largest absolute Gasteiger partial charge is 0.496 e. The SMILES string of the molecule is COc1cc(Nc2nc(Oc3ccccc3Cl)n(CCN3CCCC3)n2)ccc1-c1ccnc(C)c1.Cl.Cl. The van der Waals surface area contributed by atoms with E-state index < -0.39 is 0 Å². The van der Waals surface area contributed by atoms with Gasteiger partial charge in [-0.25, -0.2) is 4.68 Å². The molecule has 3 heterocycles. The minimum atomic E-state index is 0. The van der Waals surface area contributed by atoms with Crippen LogP contribution in [-0.2, 0) is 6.54 Å². The van der Waals surface area contributed by atoms with Crippen LogP contribution in [0.15, 0.2) is 60.8 Å². The number of nitrogens with one attached hydrogen (secondary N) is 1. The Morgan fingerprint density at radius 2 is 1.76 bits per heavy atom. The number of hydrogen-bond donors (Lipinski definition) is 1. The van der Waals surface area contributed by atoms with Crippen LogP contribution in [0.5, 0.6) is 17.5 Å². The second-order valence-electron chi connectivity index (χ2n) is 8.75. The lowest BCUT2D eigenvalue weighted by atomic mass is 10.0. The Kier molecular flexibility index (Phi) is 10.6. The highest BCUT2D eigenvalue weighted by atomic mass is 35.5. The zero-order chi connectivity index (χ0) is 24.9. The van der Waals surface area contributed by atoms with E-state index in [1.54, 1.807) is 24.1 Å². The number of nitrogens with zero attached hydrogens (tertiary/aromatic N) is 5. The van der Waals surface area contributed by atoms with Gasteiger partial charge in [-0.2, -0.15) is 4.98 Å². The van der Waals surface area contributed by atoms with Gasteiger partial charge < -0.3 is 19.7 Å². The number of ether oxygens (including phenoxy) is 2. The topological polar surface area (TPSA) is 77.3 Å². The van der Waals surface area contributed by atoms with Crippen molar-refractivity contribution in [2.45, 2.75) is 26.3 Å². The van der Waals surface area contributed by atoms with Gasteiger partial charge in [0.15, 0.2) is 0 Å². The highest BCUT2D eigenvalue weighted by Crippen LogP contribution is 2.34. The highest BCUT2D eigenvalue weighted by molar-refractivity contribution is 6.32. The van der Waals surface area contributed by atoms with Crippen molar-refractivity contribution in [3.05, 3.63) is 71.5 Å². The number of likely N-dealkylation sites (tertiary alicyclic amines) is 1. The summed E-state index contributed by atoms with van der Waals surface area (Å²) in [4.78, 5) is 11.3. The fourth-order valence-electron chi connectivity index (χ4n) is 4.32. The number of halogens is 3. The first-order valence-corrected chi connectivity index (χ1v) is 12.4. The van der Waals surface area contributed by atoms with E-state index in [2.05, 4.69) is 20.2 Å². The molecule has 0 saturated carbocycles. The van der Waals surface area contributed by atoms with Crippen LogP contribution in [0.2, 0.25) is 5.02 Å². The van der Waals surface area contributed by atoms with Crippen LogP contribution in [0.1, 0.15) is 18.5 Å². The molecule has 1 aliphatic heterocycles. The number of methoxy groups -OCH3 is 1. The zero-order valence-corrected chi connectivity index (χ0v) is 23.7. The summed E-state index contributed by atoms with van der Waals surface area (Å²) in [5.74, 6) is 1.72. The maximum absolute atomic E-state index is 6.33. The van der Waals surface area contributed by atoms with Gasteiger partial charge in [0, 0.05) is 35.8 Å². The van der Waals surface area contributed by atoms with Crippen molar-refractivity contribution in [3.63, 3.8) is 0 Å². The summed E-state index contributed by atoms with van der Waals surface area (Å²) >= 11 is 6.33. The van der Waals surface area contributed by atoms with Crippen LogP contribution in [0, 0.1) is 6.92 Å². The van der Waals surface area contributed by atoms with Gasteiger partial charge in [0.05, 0.1) is 18.7 Å². The number of pyridine rings is 1. The average Bonchev–Trinajstić information content (AvgIpc) is 3.54. The maximum Gasteiger partial charge on any atom is 0.322 e. The predicted molar refractivity (Wildman–Crippen MR) is 156 cm³/mol. The lowest BCUT2D eigenvalue weighted by molar-refractivity contribution is 0.301. The normalized spacial score (nSPS) is 12.9. The van der Waals surface area contributed by atoms with E-state index >= 15 is 0 Å². The van der Waals surface area contributed by atoms with Crippen LogP contribution in [0.25, 0.3) is 11.1 Å². The maximum atomic E-state index is 6.33. The Morgan fingerprint density at radius 1 is 0.974 bits per heavy atom. The fourth-order valence-corrected chi connectivity index (χ4v) is 4.49. The molecule has 0 atom stereocenters. The van der Waals surface area contributed by atoms with Crippen molar-refractivity contribution in [1.29, 1.82) is 0 Å². The van der Waals surface area contributed by atoms with Gasteiger partial charge in [0.1, 0.15) is 11.5 Å². The van der Waals surface area contributed by atoms with Crippen molar-refractivity contribution in [2.75, 3.05) is 32.1 Å². The molecule has 1 aliphatic rings. The Morgan fingerprint density at radius 3 is 2.50 bits per heavy atom. The zero-order valence-electron chi connectivity index (χ0n) is 21.3. The molecule has 0 unspecified atom stereocenters. The molecule has 202 valence electrons. The molecule has 8 nitrogen and oxygen atoms in total. The molecule has 4 aromatic rings. The molecule has 0 bridgehead atoms. The number of rotatable bonds is 9. The predicted octanol–water partition coefficient (Wildman–Crippen LogP) is 6.79. The summed E-state index contributed by atoms with van der Waals surface area (Å²) in [6.07, 6.45) is 4.28. The summed E-state index contributed by atoms with van der Waals surface area (Å²) in [6.45, 7) is 5.75. The smallest absolute Gasteiger partial charge is 0.322 e. The molecule has 0 spiro atoms. The molecular formula is C27H31Cl3N6O2. The first kappa shape index (κ1) is 29.5. The second kappa shape index (κ2) is 13.7. The van der Waals surface area contributed by atoms with Gasteiger partial charge in [0.2, 0.25) is 5.95 Å². The highest BCUT2D eigenvalue weighted by Gasteiger charge is 2.17. The van der Waals surface area contributed by atoms with E-state index in [4.69, 9.17) is 26.2 Å². The molecule has 2 aromatic carbocycles. The van der Waals surface area contributed by atoms with Crippen molar-refractivity contribution >= 4 is 48.1 Å². The number of hydrogen-bond acceptors (Lipinski definition) is 7. The Balaban J connectivity index is 0.00000200. The molecule has 5 rings (SSSR count). The molecule has 0 radical (unpaired) electrons. The Labute approximate surface area is 240 Å². The number of para-hydroxylation sites is 1. The first-order chi connectivity index (χ1) is 17.6. The third kappa shape index (κ3) is 7.08. The lowest BCUT2D eigenvalue weighted by Crippen LogP contribution is -2.24. The van der Waals surface area contributed by atoms with Gasteiger partial charge in [0.25, 0.3) is 0 Å². The molecule has 1 fully saturated rings. The molecule has 1 N–H and O–H groups in total. The van der Waals surface area contributed by atoms with E-state index in [9.17, 15) is 0 Å². The molecule has 2 aromatic heterocycles. The molecule has 11 heteroatoms. The molecule has 0 amide bonds. The molecule has 1 saturated heterocycles. The number of aryl methyl sites for hydroxylation is 1. The van der Waals surface area contributed by atoms with Gasteiger partial charge in [-0.05, 0) is 74.8 Å². The Hall–Kier alpha value is -3.04. The van der Waals surface area contributed by atoms with E-state index in [-0.39, 0.29) is 24.8 Å². The van der Waals surface area contributed by atoms with Crippen LogP contribution in [0.4, 0.5) is 11.6 Å². The Bertz CT molecular complexity index is 1340. The third-order valence-electron chi connectivity index (χ3n) is 6.17. The van der Waals surface area contributed by atoms with Crippen molar-refractivity contribution in [1.82, 2.24) is 24.6 Å².